The summed E-state index contributed by atoms with van der Waals surface area (Å²) in [6.45, 7) is 1.43. The first-order chi connectivity index (χ1) is 7.09. The van der Waals surface area contributed by atoms with Crippen LogP contribution in [-0.4, -0.2) is 17.9 Å². The highest BCUT2D eigenvalue weighted by Gasteiger charge is 2.30. The van der Waals surface area contributed by atoms with E-state index in [9.17, 15) is 9.59 Å². The van der Waals surface area contributed by atoms with Crippen molar-refractivity contribution >= 4 is 27.7 Å². The fraction of sp³-hybridized carbons (Fsp3) is 0.273. The molecule has 15 heavy (non-hydrogen) atoms. The average Bonchev–Trinajstić information content (AvgIpc) is 2.19. The predicted octanol–water partition coefficient (Wildman–Crippen LogP) is 2.12. The second-order valence-corrected chi connectivity index (χ2v) is 4.33. The number of hydrogen-bond acceptors (Lipinski definition) is 3. The molecule has 1 aliphatic rings. The van der Waals surface area contributed by atoms with E-state index in [0.29, 0.717) is 12.0 Å². The molecule has 1 unspecified atom stereocenters. The minimum Gasteiger partial charge on any atom is -0.450 e. The van der Waals surface area contributed by atoms with Gasteiger partial charge in [-0.25, -0.2) is 4.79 Å². The van der Waals surface area contributed by atoms with Gasteiger partial charge in [-0.05, 0) is 24.6 Å². The van der Waals surface area contributed by atoms with Crippen molar-refractivity contribution in [2.45, 2.75) is 19.4 Å². The quantitative estimate of drug-likeness (QED) is 0.733. The highest BCUT2D eigenvalue weighted by atomic mass is 79.9. The van der Waals surface area contributed by atoms with Crippen LogP contribution in [-0.2, 0) is 16.0 Å². The summed E-state index contributed by atoms with van der Waals surface area (Å²) in [5.74, 6) is -0.539. The second kappa shape index (κ2) is 3.77. The van der Waals surface area contributed by atoms with E-state index in [2.05, 4.69) is 15.9 Å². The van der Waals surface area contributed by atoms with Crippen molar-refractivity contribution in [1.82, 2.24) is 0 Å². The number of benzene rings is 1. The lowest BCUT2D eigenvalue weighted by Crippen LogP contribution is -2.33. The fourth-order valence-corrected chi connectivity index (χ4v) is 2.13. The molecule has 0 aliphatic carbocycles. The summed E-state index contributed by atoms with van der Waals surface area (Å²) in [5, 5.41) is 0. The molecular weight excluding hydrogens is 260 g/mol. The molecule has 0 saturated carbocycles. The number of ether oxygens (including phenoxy) is 1. The maximum Gasteiger partial charge on any atom is 0.339 e. The van der Waals surface area contributed by atoms with Crippen molar-refractivity contribution < 1.29 is 14.3 Å². The van der Waals surface area contributed by atoms with E-state index in [1.165, 1.54) is 6.92 Å². The number of carbonyl (C=O) groups is 2. The van der Waals surface area contributed by atoms with Crippen molar-refractivity contribution in [2.75, 3.05) is 0 Å². The van der Waals surface area contributed by atoms with Crippen LogP contribution in [0.3, 0.4) is 0 Å². The molecule has 0 saturated heterocycles. The Morgan fingerprint density at radius 3 is 2.93 bits per heavy atom. The first-order valence-electron chi connectivity index (χ1n) is 4.58. The topological polar surface area (TPSA) is 43.4 Å². The monoisotopic (exact) mass is 268 g/mol. The molecular formula is C11H9BrO3. The molecule has 78 valence electrons. The number of fused-ring (bicyclic) bond motifs is 1. The number of halogens is 1. The lowest BCUT2D eigenvalue weighted by atomic mass is 9.97. The van der Waals surface area contributed by atoms with Gasteiger partial charge in [0.2, 0.25) is 0 Å². The fourth-order valence-electron chi connectivity index (χ4n) is 1.60. The molecule has 3 nitrogen and oxygen atoms in total. The maximum absolute atomic E-state index is 11.6. The zero-order valence-corrected chi connectivity index (χ0v) is 9.71. The number of carbonyl (C=O) groups excluding carboxylic acids is 2. The number of Topliss-reactive ketones (excluding diaryl/α,β-unsaturated/α-hetero) is 1. The second-order valence-electron chi connectivity index (χ2n) is 3.47. The lowest BCUT2D eigenvalue weighted by Gasteiger charge is -2.23. The zero-order valence-electron chi connectivity index (χ0n) is 8.12. The van der Waals surface area contributed by atoms with Crippen molar-refractivity contribution in [3.05, 3.63) is 33.8 Å². The van der Waals surface area contributed by atoms with Gasteiger partial charge in [-0.2, -0.15) is 0 Å². The third kappa shape index (κ3) is 1.81. The SMILES string of the molecule is CC(=O)C1Cc2c(Br)cccc2C(=O)O1. The summed E-state index contributed by atoms with van der Waals surface area (Å²) >= 11 is 3.37. The Kier molecular flexibility index (Phi) is 2.61. The van der Waals surface area contributed by atoms with Crippen molar-refractivity contribution in [1.29, 1.82) is 0 Å². The minimum atomic E-state index is -0.635. The summed E-state index contributed by atoms with van der Waals surface area (Å²) in [7, 11) is 0. The standard InChI is InChI=1S/C11H9BrO3/c1-6(13)10-5-8-7(11(14)15-10)3-2-4-9(8)12/h2-4,10H,5H2,1H3. The van der Waals surface area contributed by atoms with Crippen molar-refractivity contribution in [3.8, 4) is 0 Å². The number of rotatable bonds is 1. The first-order valence-corrected chi connectivity index (χ1v) is 5.37. The van der Waals surface area contributed by atoms with Gasteiger partial charge in [0.05, 0.1) is 5.56 Å². The molecule has 4 heteroatoms. The van der Waals surface area contributed by atoms with Gasteiger partial charge in [0.25, 0.3) is 0 Å². The summed E-state index contributed by atoms with van der Waals surface area (Å²) in [4.78, 5) is 22.7. The van der Waals surface area contributed by atoms with Crippen LogP contribution in [0.4, 0.5) is 0 Å². The van der Waals surface area contributed by atoms with E-state index in [0.717, 1.165) is 10.0 Å². The van der Waals surface area contributed by atoms with E-state index in [4.69, 9.17) is 4.74 Å². The molecule has 0 fully saturated rings. The summed E-state index contributed by atoms with van der Waals surface area (Å²) in [5.41, 5.74) is 1.40. The van der Waals surface area contributed by atoms with Crippen LogP contribution in [0.2, 0.25) is 0 Å². The minimum absolute atomic E-state index is 0.121. The predicted molar refractivity (Wildman–Crippen MR) is 57.7 cm³/mol. The third-order valence-electron chi connectivity index (χ3n) is 2.43. The summed E-state index contributed by atoms with van der Waals surface area (Å²) in [6.07, 6.45) is -0.179. The van der Waals surface area contributed by atoms with Crippen molar-refractivity contribution in [2.24, 2.45) is 0 Å². The molecule has 1 aromatic rings. The smallest absolute Gasteiger partial charge is 0.339 e. The average molecular weight is 269 g/mol. The Morgan fingerprint density at radius 1 is 1.53 bits per heavy atom. The lowest BCUT2D eigenvalue weighted by molar-refractivity contribution is -0.125. The number of cyclic esters (lactones) is 1. The summed E-state index contributed by atoms with van der Waals surface area (Å²) < 4.78 is 5.87. The highest BCUT2D eigenvalue weighted by Crippen LogP contribution is 2.27. The molecule has 0 bridgehead atoms. The molecule has 1 aromatic carbocycles. The van der Waals surface area contributed by atoms with Gasteiger partial charge in [0, 0.05) is 10.9 Å². The van der Waals surface area contributed by atoms with Crippen LogP contribution in [0, 0.1) is 0 Å². The van der Waals surface area contributed by atoms with E-state index in [1.54, 1.807) is 12.1 Å². The van der Waals surface area contributed by atoms with Crippen LogP contribution in [0.1, 0.15) is 22.8 Å². The van der Waals surface area contributed by atoms with Crippen LogP contribution < -0.4 is 0 Å². The number of hydrogen-bond donors (Lipinski definition) is 0. The van der Waals surface area contributed by atoms with Gasteiger partial charge in [-0.1, -0.05) is 22.0 Å². The zero-order chi connectivity index (χ0) is 11.0. The molecule has 0 radical (unpaired) electrons. The first kappa shape index (κ1) is 10.4. The van der Waals surface area contributed by atoms with Crippen LogP contribution in [0.25, 0.3) is 0 Å². The van der Waals surface area contributed by atoms with Gasteiger partial charge < -0.3 is 4.74 Å². The van der Waals surface area contributed by atoms with Gasteiger partial charge >= 0.3 is 5.97 Å². The third-order valence-corrected chi connectivity index (χ3v) is 3.17. The Hall–Kier alpha value is -1.16. The Bertz CT molecular complexity index is 439. The molecule has 0 amide bonds. The molecule has 1 atom stereocenters. The largest absolute Gasteiger partial charge is 0.450 e. The van der Waals surface area contributed by atoms with E-state index < -0.39 is 12.1 Å². The Balaban J connectivity index is 2.46. The normalized spacial score (nSPS) is 19.3. The van der Waals surface area contributed by atoms with Crippen molar-refractivity contribution in [3.63, 3.8) is 0 Å². The molecule has 1 aliphatic heterocycles. The summed E-state index contributed by atoms with van der Waals surface area (Å²) in [6, 6.07) is 5.34. The molecule has 2 rings (SSSR count). The van der Waals surface area contributed by atoms with Crippen LogP contribution in [0.5, 0.6) is 0 Å². The Morgan fingerprint density at radius 2 is 2.27 bits per heavy atom. The Labute approximate surface area is 95.6 Å². The van der Waals surface area contributed by atoms with E-state index in [1.807, 2.05) is 6.07 Å². The highest BCUT2D eigenvalue weighted by molar-refractivity contribution is 9.10. The number of ketones is 1. The van der Waals surface area contributed by atoms with Crippen LogP contribution >= 0.6 is 15.9 Å². The van der Waals surface area contributed by atoms with Crippen LogP contribution in [0.15, 0.2) is 22.7 Å². The number of esters is 1. The molecule has 1 heterocycles. The molecule has 0 spiro atoms. The van der Waals surface area contributed by atoms with E-state index >= 15 is 0 Å². The molecule has 0 N–H and O–H groups in total. The molecule has 0 aromatic heterocycles. The van der Waals surface area contributed by atoms with Gasteiger partial charge in [-0.3, -0.25) is 4.79 Å². The van der Waals surface area contributed by atoms with E-state index in [-0.39, 0.29) is 5.78 Å². The van der Waals surface area contributed by atoms with Gasteiger partial charge in [-0.15, -0.1) is 0 Å². The van der Waals surface area contributed by atoms with Gasteiger partial charge in [0.1, 0.15) is 0 Å². The van der Waals surface area contributed by atoms with Gasteiger partial charge in [0.15, 0.2) is 11.9 Å². The maximum atomic E-state index is 11.6.